The number of para-hydroxylation sites is 2. The summed E-state index contributed by atoms with van der Waals surface area (Å²) in [6.45, 7) is 5.77. The molecule has 0 aliphatic rings. The molecule has 0 atom stereocenters. The lowest BCUT2D eigenvalue weighted by molar-refractivity contribution is 0.102. The van der Waals surface area contributed by atoms with E-state index in [1.807, 2.05) is 26.0 Å². The molecule has 0 saturated heterocycles. The predicted molar refractivity (Wildman–Crippen MR) is 111 cm³/mol. The van der Waals surface area contributed by atoms with Crippen LogP contribution in [0.25, 0.3) is 0 Å². The monoisotopic (exact) mass is 394 g/mol. The van der Waals surface area contributed by atoms with E-state index in [-0.39, 0.29) is 30.1 Å². The van der Waals surface area contributed by atoms with Crippen molar-refractivity contribution in [3.05, 3.63) is 77.5 Å². The highest BCUT2D eigenvalue weighted by atomic mass is 19.1. The fourth-order valence-electron chi connectivity index (χ4n) is 2.72. The molecule has 0 aliphatic heterocycles. The van der Waals surface area contributed by atoms with E-state index in [1.54, 1.807) is 37.3 Å². The quantitative estimate of drug-likeness (QED) is 0.614. The molecule has 150 valence electrons. The lowest BCUT2D eigenvalue weighted by Gasteiger charge is -2.15. The third-order valence-corrected chi connectivity index (χ3v) is 3.99. The Kier molecular flexibility index (Phi) is 6.39. The van der Waals surface area contributed by atoms with Crippen molar-refractivity contribution < 1.29 is 13.9 Å². The van der Waals surface area contributed by atoms with Gasteiger partial charge in [0.15, 0.2) is 0 Å². The van der Waals surface area contributed by atoms with E-state index in [2.05, 4.69) is 20.6 Å². The van der Waals surface area contributed by atoms with Gasteiger partial charge < -0.3 is 15.4 Å². The first-order valence-corrected chi connectivity index (χ1v) is 9.32. The van der Waals surface area contributed by atoms with Crippen LogP contribution >= 0.6 is 0 Å². The minimum atomic E-state index is -0.385. The van der Waals surface area contributed by atoms with Gasteiger partial charge in [0.2, 0.25) is 0 Å². The molecule has 3 aromatic rings. The Labute approximate surface area is 169 Å². The van der Waals surface area contributed by atoms with E-state index in [9.17, 15) is 9.18 Å². The summed E-state index contributed by atoms with van der Waals surface area (Å²) in [5.74, 6) is 0.771. The number of carbonyl (C=O) groups is 1. The number of halogens is 1. The molecule has 1 amide bonds. The van der Waals surface area contributed by atoms with Crippen molar-refractivity contribution >= 4 is 17.4 Å². The van der Waals surface area contributed by atoms with Gasteiger partial charge in [-0.25, -0.2) is 14.4 Å². The molecule has 0 bridgehead atoms. The summed E-state index contributed by atoms with van der Waals surface area (Å²) >= 11 is 0. The number of aryl methyl sites for hydroxylation is 1. The second kappa shape index (κ2) is 9.14. The second-order valence-corrected chi connectivity index (χ2v) is 6.75. The molecular formula is C22H23FN4O2. The van der Waals surface area contributed by atoms with Crippen molar-refractivity contribution in [1.29, 1.82) is 0 Å². The number of aromatic nitrogens is 2. The van der Waals surface area contributed by atoms with Crippen LogP contribution in [0.3, 0.4) is 0 Å². The molecule has 1 heterocycles. The Balaban J connectivity index is 1.76. The third-order valence-electron chi connectivity index (χ3n) is 3.99. The summed E-state index contributed by atoms with van der Waals surface area (Å²) in [5, 5.41) is 5.87. The van der Waals surface area contributed by atoms with Crippen LogP contribution in [0.15, 0.2) is 54.6 Å². The molecule has 0 spiro atoms. The van der Waals surface area contributed by atoms with E-state index in [4.69, 9.17) is 4.74 Å². The summed E-state index contributed by atoms with van der Waals surface area (Å²) in [7, 11) is 0. The van der Waals surface area contributed by atoms with Gasteiger partial charge in [0.1, 0.15) is 28.9 Å². The van der Waals surface area contributed by atoms with Crippen LogP contribution < -0.4 is 15.4 Å². The molecule has 0 fully saturated rings. The SMILES string of the molecule is Cc1nc(NCc2ccccc2F)cc(C(=O)Nc2ccccc2OC(C)C)n1. The first kappa shape index (κ1) is 20.3. The maximum atomic E-state index is 13.8. The van der Waals surface area contributed by atoms with E-state index < -0.39 is 0 Å². The fraction of sp³-hybridized carbons (Fsp3) is 0.227. The summed E-state index contributed by atoms with van der Waals surface area (Å²) in [4.78, 5) is 21.2. The molecule has 29 heavy (non-hydrogen) atoms. The number of anilines is 2. The lowest BCUT2D eigenvalue weighted by atomic mass is 10.2. The maximum absolute atomic E-state index is 13.8. The number of hydrogen-bond donors (Lipinski definition) is 2. The third kappa shape index (κ3) is 5.51. The van der Waals surface area contributed by atoms with Gasteiger partial charge in [-0.15, -0.1) is 0 Å². The molecule has 6 nitrogen and oxygen atoms in total. The first-order valence-electron chi connectivity index (χ1n) is 9.32. The van der Waals surface area contributed by atoms with Crippen LogP contribution in [0.1, 0.15) is 35.7 Å². The van der Waals surface area contributed by atoms with Gasteiger partial charge in [-0.1, -0.05) is 30.3 Å². The molecule has 1 aromatic heterocycles. The molecule has 0 radical (unpaired) electrons. The summed E-state index contributed by atoms with van der Waals surface area (Å²) in [6.07, 6.45) is -0.0245. The summed E-state index contributed by atoms with van der Waals surface area (Å²) in [5.41, 5.74) is 1.27. The Morgan fingerprint density at radius 2 is 1.83 bits per heavy atom. The summed E-state index contributed by atoms with van der Waals surface area (Å²) < 4.78 is 19.5. The van der Waals surface area contributed by atoms with Gasteiger partial charge >= 0.3 is 0 Å². The molecular weight excluding hydrogens is 371 g/mol. The first-order chi connectivity index (χ1) is 13.9. The van der Waals surface area contributed by atoms with Crippen LogP contribution in [-0.4, -0.2) is 22.0 Å². The zero-order valence-electron chi connectivity index (χ0n) is 16.6. The van der Waals surface area contributed by atoms with Crippen LogP contribution in [0, 0.1) is 12.7 Å². The highest BCUT2D eigenvalue weighted by molar-refractivity contribution is 6.04. The number of hydrogen-bond acceptors (Lipinski definition) is 5. The van der Waals surface area contributed by atoms with Gasteiger partial charge in [-0.3, -0.25) is 4.79 Å². The number of nitrogens with zero attached hydrogens (tertiary/aromatic N) is 2. The van der Waals surface area contributed by atoms with Crippen LogP contribution in [0.4, 0.5) is 15.9 Å². The Morgan fingerprint density at radius 3 is 2.59 bits per heavy atom. The standard InChI is InChI=1S/C22H23FN4O2/c1-14(2)29-20-11-7-6-10-18(20)27-22(28)19-12-21(26-15(3)25-19)24-13-16-8-4-5-9-17(16)23/h4-12,14H,13H2,1-3H3,(H,27,28)(H,24,25,26). The highest BCUT2D eigenvalue weighted by Crippen LogP contribution is 2.25. The van der Waals surface area contributed by atoms with Crippen molar-refractivity contribution in [2.45, 2.75) is 33.4 Å². The normalized spacial score (nSPS) is 10.7. The van der Waals surface area contributed by atoms with Gasteiger partial charge in [0.05, 0.1) is 11.8 Å². The number of amides is 1. The Morgan fingerprint density at radius 1 is 1.10 bits per heavy atom. The number of nitrogens with one attached hydrogen (secondary N) is 2. The van der Waals surface area contributed by atoms with Crippen molar-refractivity contribution in [2.24, 2.45) is 0 Å². The van der Waals surface area contributed by atoms with Gasteiger partial charge in [-0.2, -0.15) is 0 Å². The van der Waals surface area contributed by atoms with Crippen LogP contribution in [-0.2, 0) is 6.54 Å². The molecule has 7 heteroatoms. The molecule has 2 aromatic carbocycles. The predicted octanol–water partition coefficient (Wildman–Crippen LogP) is 4.58. The zero-order chi connectivity index (χ0) is 20.8. The van der Waals surface area contributed by atoms with Crippen molar-refractivity contribution in [1.82, 2.24) is 9.97 Å². The zero-order valence-corrected chi connectivity index (χ0v) is 16.6. The molecule has 0 saturated carbocycles. The Hall–Kier alpha value is -3.48. The Bertz CT molecular complexity index is 1010. The smallest absolute Gasteiger partial charge is 0.274 e. The second-order valence-electron chi connectivity index (χ2n) is 6.75. The van der Waals surface area contributed by atoms with Crippen molar-refractivity contribution in [2.75, 3.05) is 10.6 Å². The van der Waals surface area contributed by atoms with E-state index in [1.165, 1.54) is 12.1 Å². The number of benzene rings is 2. The molecule has 3 rings (SSSR count). The molecule has 0 unspecified atom stereocenters. The summed E-state index contributed by atoms with van der Waals surface area (Å²) in [6, 6.07) is 15.2. The van der Waals surface area contributed by atoms with Gasteiger partial charge in [0.25, 0.3) is 5.91 Å². The van der Waals surface area contributed by atoms with Crippen LogP contribution in [0.5, 0.6) is 5.75 Å². The van der Waals surface area contributed by atoms with Crippen LogP contribution in [0.2, 0.25) is 0 Å². The van der Waals surface area contributed by atoms with Gasteiger partial charge in [-0.05, 0) is 39.0 Å². The lowest BCUT2D eigenvalue weighted by Crippen LogP contribution is -2.17. The largest absolute Gasteiger partial charge is 0.489 e. The molecule has 2 N–H and O–H groups in total. The van der Waals surface area contributed by atoms with E-state index in [0.29, 0.717) is 28.6 Å². The highest BCUT2D eigenvalue weighted by Gasteiger charge is 2.14. The average molecular weight is 394 g/mol. The minimum absolute atomic E-state index is 0.0245. The number of carbonyl (C=O) groups excluding carboxylic acids is 1. The maximum Gasteiger partial charge on any atom is 0.274 e. The molecule has 0 aliphatic carbocycles. The number of ether oxygens (including phenoxy) is 1. The van der Waals surface area contributed by atoms with E-state index in [0.717, 1.165) is 0 Å². The minimum Gasteiger partial charge on any atom is -0.489 e. The average Bonchev–Trinajstić information content (AvgIpc) is 2.68. The topological polar surface area (TPSA) is 76.1 Å². The van der Waals surface area contributed by atoms with Gasteiger partial charge in [0, 0.05) is 18.2 Å². The van der Waals surface area contributed by atoms with Crippen molar-refractivity contribution in [3.63, 3.8) is 0 Å². The van der Waals surface area contributed by atoms with Crippen molar-refractivity contribution in [3.8, 4) is 5.75 Å². The van der Waals surface area contributed by atoms with E-state index >= 15 is 0 Å². The number of rotatable bonds is 7. The fourth-order valence-corrected chi connectivity index (χ4v) is 2.72.